The highest BCUT2D eigenvalue weighted by Gasteiger charge is 2.26. The van der Waals surface area contributed by atoms with Crippen molar-refractivity contribution in [2.75, 3.05) is 31.2 Å². The average Bonchev–Trinajstić information content (AvgIpc) is 3.22. The maximum absolute atomic E-state index is 12.0. The number of aliphatic imine (C=N–C) groups is 1. The second-order valence-electron chi connectivity index (χ2n) is 7.79. The second-order valence-corrected chi connectivity index (χ2v) is 7.79. The average molecular weight is 436 g/mol. The molecular formula is C24H29N5O3. The van der Waals surface area contributed by atoms with Crippen molar-refractivity contribution in [3.8, 4) is 16.9 Å². The molecule has 0 unspecified atom stereocenters. The summed E-state index contributed by atoms with van der Waals surface area (Å²) in [4.78, 5) is 23.0. The van der Waals surface area contributed by atoms with Gasteiger partial charge in [-0.3, -0.25) is 9.79 Å². The molecule has 1 aliphatic heterocycles. The number of carbonyl (C=O) groups is 1. The zero-order valence-corrected chi connectivity index (χ0v) is 18.7. The molecule has 32 heavy (non-hydrogen) atoms. The summed E-state index contributed by atoms with van der Waals surface area (Å²) in [6.07, 6.45) is 7.15. The molecule has 3 aromatic rings. The summed E-state index contributed by atoms with van der Waals surface area (Å²) < 4.78 is 12.7. The van der Waals surface area contributed by atoms with Crippen molar-refractivity contribution in [3.63, 3.8) is 0 Å². The number of hydrogen-bond acceptors (Lipinski definition) is 7. The van der Waals surface area contributed by atoms with Crippen LogP contribution in [0.15, 0.2) is 41.8 Å². The summed E-state index contributed by atoms with van der Waals surface area (Å²) in [6.45, 7) is 10.5. The number of fused-ring (bicyclic) bond motifs is 1. The van der Waals surface area contributed by atoms with Crippen LogP contribution in [0.4, 0.5) is 5.82 Å². The van der Waals surface area contributed by atoms with Crippen molar-refractivity contribution in [1.29, 1.82) is 0 Å². The number of hydrogen-bond donors (Lipinski definition) is 0. The Labute approximate surface area is 187 Å². The number of anilines is 1. The lowest BCUT2D eigenvalue weighted by Gasteiger charge is -2.31. The Morgan fingerprint density at radius 1 is 1.22 bits per heavy atom. The van der Waals surface area contributed by atoms with Crippen LogP contribution in [0.25, 0.3) is 16.6 Å². The number of piperidine rings is 1. The number of pyridine rings is 2. The molecule has 4 rings (SSSR count). The van der Waals surface area contributed by atoms with Gasteiger partial charge in [-0.05, 0) is 51.6 Å². The van der Waals surface area contributed by atoms with E-state index in [1.165, 1.54) is 0 Å². The predicted octanol–water partition coefficient (Wildman–Crippen LogP) is 3.78. The van der Waals surface area contributed by atoms with E-state index < -0.39 is 0 Å². The molecule has 0 aliphatic carbocycles. The molecule has 0 N–H and O–H groups in total. The van der Waals surface area contributed by atoms with E-state index in [0.717, 1.165) is 59.7 Å². The van der Waals surface area contributed by atoms with Crippen LogP contribution in [-0.2, 0) is 16.1 Å². The molecular weight excluding hydrogens is 406 g/mol. The quantitative estimate of drug-likeness (QED) is 0.396. The Kier molecular flexibility index (Phi) is 6.68. The van der Waals surface area contributed by atoms with Gasteiger partial charge in [-0.25, -0.2) is 9.50 Å². The molecule has 0 saturated carbocycles. The third-order valence-electron chi connectivity index (χ3n) is 5.75. The van der Waals surface area contributed by atoms with Gasteiger partial charge in [-0.1, -0.05) is 0 Å². The summed E-state index contributed by atoms with van der Waals surface area (Å²) in [5, 5.41) is 4.47. The van der Waals surface area contributed by atoms with Crippen molar-refractivity contribution < 1.29 is 14.3 Å². The largest absolute Gasteiger partial charge is 0.492 e. The van der Waals surface area contributed by atoms with Gasteiger partial charge in [0, 0.05) is 36.0 Å². The summed E-state index contributed by atoms with van der Waals surface area (Å²) in [6, 6.07) is 6.13. The van der Waals surface area contributed by atoms with Gasteiger partial charge in [0.1, 0.15) is 11.6 Å². The van der Waals surface area contributed by atoms with Crippen molar-refractivity contribution in [2.24, 2.45) is 10.9 Å². The fourth-order valence-corrected chi connectivity index (χ4v) is 4.20. The molecule has 0 amide bonds. The van der Waals surface area contributed by atoms with E-state index in [4.69, 9.17) is 14.5 Å². The number of carbonyl (C=O) groups excluding carboxylic acids is 1. The summed E-state index contributed by atoms with van der Waals surface area (Å²) in [7, 11) is 0. The highest BCUT2D eigenvalue weighted by molar-refractivity contribution is 5.83. The number of rotatable bonds is 8. The van der Waals surface area contributed by atoms with Crippen LogP contribution in [0.1, 0.15) is 32.3 Å². The number of ether oxygens (including phenoxy) is 2. The van der Waals surface area contributed by atoms with E-state index in [1.54, 1.807) is 0 Å². The Morgan fingerprint density at radius 2 is 2.03 bits per heavy atom. The molecule has 0 radical (unpaired) electrons. The first-order chi connectivity index (χ1) is 15.6. The van der Waals surface area contributed by atoms with Crippen LogP contribution in [0.5, 0.6) is 5.75 Å². The minimum absolute atomic E-state index is 0.0150. The van der Waals surface area contributed by atoms with Gasteiger partial charge in [0.2, 0.25) is 0 Å². The van der Waals surface area contributed by atoms with E-state index in [9.17, 15) is 4.79 Å². The number of aromatic nitrogens is 3. The van der Waals surface area contributed by atoms with Gasteiger partial charge in [-0.2, -0.15) is 5.10 Å². The van der Waals surface area contributed by atoms with E-state index in [-0.39, 0.29) is 11.9 Å². The minimum atomic E-state index is -0.0840. The number of nitrogens with zero attached hydrogens (tertiary/aromatic N) is 5. The molecule has 8 nitrogen and oxygen atoms in total. The van der Waals surface area contributed by atoms with Crippen molar-refractivity contribution in [3.05, 3.63) is 42.4 Å². The fraction of sp³-hybridized carbons (Fsp3) is 0.417. The third-order valence-corrected chi connectivity index (χ3v) is 5.75. The van der Waals surface area contributed by atoms with E-state index in [0.29, 0.717) is 19.8 Å². The summed E-state index contributed by atoms with van der Waals surface area (Å²) in [5.74, 6) is 1.56. The van der Waals surface area contributed by atoms with E-state index >= 15 is 0 Å². The van der Waals surface area contributed by atoms with Gasteiger partial charge < -0.3 is 14.4 Å². The Bertz CT molecular complexity index is 1080. The third kappa shape index (κ3) is 4.44. The van der Waals surface area contributed by atoms with Crippen LogP contribution in [0, 0.1) is 5.92 Å². The molecule has 168 valence electrons. The lowest BCUT2D eigenvalue weighted by molar-refractivity contribution is -0.148. The van der Waals surface area contributed by atoms with Gasteiger partial charge >= 0.3 is 5.97 Å². The van der Waals surface area contributed by atoms with Crippen LogP contribution < -0.4 is 9.64 Å². The zero-order valence-electron chi connectivity index (χ0n) is 18.7. The number of esters is 1. The SMILES string of the molecule is C=NCc1cnn2cc(OCC)cc(-c3ccc(N4CCC(C(=O)OCC)CC4)nc3)c12. The fourth-order valence-electron chi connectivity index (χ4n) is 4.20. The Morgan fingerprint density at radius 3 is 2.69 bits per heavy atom. The molecule has 4 heterocycles. The molecule has 1 fully saturated rings. The predicted molar refractivity (Wildman–Crippen MR) is 124 cm³/mol. The van der Waals surface area contributed by atoms with Crippen LogP contribution >= 0.6 is 0 Å². The van der Waals surface area contributed by atoms with Gasteiger partial charge in [-0.15, -0.1) is 0 Å². The lowest BCUT2D eigenvalue weighted by Crippen LogP contribution is -2.37. The van der Waals surface area contributed by atoms with Crippen molar-refractivity contribution >= 4 is 24.0 Å². The maximum Gasteiger partial charge on any atom is 0.309 e. The molecule has 0 aromatic carbocycles. The van der Waals surface area contributed by atoms with Crippen LogP contribution in [-0.4, -0.2) is 53.6 Å². The Hall–Kier alpha value is -3.42. The zero-order chi connectivity index (χ0) is 22.5. The van der Waals surface area contributed by atoms with E-state index in [2.05, 4.69) is 27.8 Å². The van der Waals surface area contributed by atoms with Gasteiger partial charge in [0.25, 0.3) is 0 Å². The van der Waals surface area contributed by atoms with E-state index in [1.807, 2.05) is 49.1 Å². The molecule has 0 atom stereocenters. The second kappa shape index (κ2) is 9.80. The maximum atomic E-state index is 12.0. The summed E-state index contributed by atoms with van der Waals surface area (Å²) in [5.41, 5.74) is 3.95. The monoisotopic (exact) mass is 435 g/mol. The first-order valence-corrected chi connectivity index (χ1v) is 11.1. The lowest BCUT2D eigenvalue weighted by atomic mass is 9.97. The highest BCUT2D eigenvalue weighted by atomic mass is 16.5. The smallest absolute Gasteiger partial charge is 0.309 e. The van der Waals surface area contributed by atoms with Crippen molar-refractivity contribution in [2.45, 2.75) is 33.2 Å². The molecule has 0 spiro atoms. The highest BCUT2D eigenvalue weighted by Crippen LogP contribution is 2.32. The Balaban J connectivity index is 1.58. The molecule has 1 saturated heterocycles. The standard InChI is InChI=1S/C24H29N5O3/c1-4-31-20-12-21(23-19(13-25-3)15-27-29(23)16-20)18-6-7-22(26-14-18)28-10-8-17(9-11-28)24(30)32-5-2/h6-7,12,14-17H,3-5,8-11,13H2,1-2H3. The summed E-state index contributed by atoms with van der Waals surface area (Å²) >= 11 is 0. The molecule has 0 bridgehead atoms. The molecule has 3 aromatic heterocycles. The van der Waals surface area contributed by atoms with Gasteiger partial charge in [0.15, 0.2) is 0 Å². The van der Waals surface area contributed by atoms with Crippen LogP contribution in [0.3, 0.4) is 0 Å². The van der Waals surface area contributed by atoms with Crippen LogP contribution in [0.2, 0.25) is 0 Å². The van der Waals surface area contributed by atoms with Gasteiger partial charge in [0.05, 0.1) is 43.6 Å². The molecule has 8 heteroatoms. The normalized spacial score (nSPS) is 14.5. The minimum Gasteiger partial charge on any atom is -0.492 e. The topological polar surface area (TPSA) is 81.3 Å². The first-order valence-electron chi connectivity index (χ1n) is 11.1. The molecule has 1 aliphatic rings. The first kappa shape index (κ1) is 21.8. The van der Waals surface area contributed by atoms with Crippen molar-refractivity contribution in [1.82, 2.24) is 14.6 Å².